The van der Waals surface area contributed by atoms with Gasteiger partial charge in [0.25, 0.3) is 5.91 Å². The van der Waals surface area contributed by atoms with Gasteiger partial charge in [0.05, 0.1) is 12.5 Å². The van der Waals surface area contributed by atoms with Crippen molar-refractivity contribution in [1.82, 2.24) is 5.32 Å². The number of halogens is 1. The number of carbonyl (C=O) groups excluding carboxylic acids is 2. The van der Waals surface area contributed by atoms with Gasteiger partial charge in [-0.3, -0.25) is 9.59 Å². The van der Waals surface area contributed by atoms with E-state index in [2.05, 4.69) is 5.32 Å². The Morgan fingerprint density at radius 1 is 1.42 bits per heavy atom. The molecule has 0 unspecified atom stereocenters. The fourth-order valence-corrected chi connectivity index (χ4v) is 2.19. The van der Waals surface area contributed by atoms with Crippen LogP contribution in [0.3, 0.4) is 0 Å². The van der Waals surface area contributed by atoms with E-state index in [1.165, 1.54) is 7.11 Å². The van der Waals surface area contributed by atoms with Crippen molar-refractivity contribution in [1.29, 1.82) is 0 Å². The Balaban J connectivity index is 2.03. The number of hydrogen-bond acceptors (Lipinski definition) is 3. The molecule has 1 aliphatic carbocycles. The smallest absolute Gasteiger partial charge is 0.313 e. The third-order valence-electron chi connectivity index (χ3n) is 3.57. The highest BCUT2D eigenvalue weighted by Gasteiger charge is 2.51. The largest absolute Gasteiger partial charge is 0.469 e. The van der Waals surface area contributed by atoms with Crippen LogP contribution in [0.2, 0.25) is 5.02 Å². The average Bonchev–Trinajstić information content (AvgIpc) is 3.19. The highest BCUT2D eigenvalue weighted by Crippen LogP contribution is 2.46. The topological polar surface area (TPSA) is 55.4 Å². The zero-order valence-corrected chi connectivity index (χ0v) is 11.7. The van der Waals surface area contributed by atoms with E-state index in [9.17, 15) is 9.59 Å². The fraction of sp³-hybridized carbons (Fsp3) is 0.429. The van der Waals surface area contributed by atoms with Crippen LogP contribution in [0.5, 0.6) is 0 Å². The molecule has 4 nitrogen and oxygen atoms in total. The minimum atomic E-state index is -0.517. The highest BCUT2D eigenvalue weighted by atomic mass is 35.5. The van der Waals surface area contributed by atoms with Crippen LogP contribution in [0.4, 0.5) is 0 Å². The zero-order chi connectivity index (χ0) is 14.0. The molecule has 102 valence electrons. The Labute approximate surface area is 117 Å². The van der Waals surface area contributed by atoms with E-state index in [0.717, 1.165) is 18.4 Å². The van der Waals surface area contributed by atoms with Gasteiger partial charge in [-0.25, -0.2) is 0 Å². The van der Waals surface area contributed by atoms with Gasteiger partial charge in [0.15, 0.2) is 0 Å². The predicted molar refractivity (Wildman–Crippen MR) is 72.2 cm³/mol. The summed E-state index contributed by atoms with van der Waals surface area (Å²) in [4.78, 5) is 23.7. The molecule has 0 saturated heterocycles. The van der Waals surface area contributed by atoms with E-state index >= 15 is 0 Å². The lowest BCUT2D eigenvalue weighted by atomic mass is 10.1. The molecule has 5 heteroatoms. The third kappa shape index (κ3) is 2.73. The number of rotatable bonds is 4. The van der Waals surface area contributed by atoms with Crippen molar-refractivity contribution in [2.75, 3.05) is 13.7 Å². The van der Waals surface area contributed by atoms with Gasteiger partial charge in [0.1, 0.15) is 0 Å². The Morgan fingerprint density at radius 3 is 2.68 bits per heavy atom. The van der Waals surface area contributed by atoms with Gasteiger partial charge in [0.2, 0.25) is 0 Å². The summed E-state index contributed by atoms with van der Waals surface area (Å²) in [6.07, 6.45) is 1.52. The molecule has 1 N–H and O–H groups in total. The molecule has 1 fully saturated rings. The van der Waals surface area contributed by atoms with E-state index in [-0.39, 0.29) is 11.9 Å². The van der Waals surface area contributed by atoms with Gasteiger partial charge in [-0.2, -0.15) is 0 Å². The lowest BCUT2D eigenvalue weighted by Gasteiger charge is -2.14. The minimum absolute atomic E-state index is 0.213. The number of nitrogens with one attached hydrogen (secondary N) is 1. The highest BCUT2D eigenvalue weighted by molar-refractivity contribution is 6.31. The van der Waals surface area contributed by atoms with Crippen molar-refractivity contribution in [3.8, 4) is 0 Å². The maximum absolute atomic E-state index is 12.1. The first kappa shape index (κ1) is 13.9. The minimum Gasteiger partial charge on any atom is -0.469 e. The van der Waals surface area contributed by atoms with Crippen LogP contribution in [0, 0.1) is 12.3 Å². The van der Waals surface area contributed by atoms with Crippen molar-refractivity contribution in [2.45, 2.75) is 19.8 Å². The van der Waals surface area contributed by atoms with Crippen LogP contribution in [-0.4, -0.2) is 25.5 Å². The molecule has 0 heterocycles. The molecular weight excluding hydrogens is 266 g/mol. The number of ether oxygens (including phenoxy) is 1. The quantitative estimate of drug-likeness (QED) is 0.862. The summed E-state index contributed by atoms with van der Waals surface area (Å²) in [5, 5.41) is 3.34. The van der Waals surface area contributed by atoms with Gasteiger partial charge in [-0.1, -0.05) is 17.7 Å². The van der Waals surface area contributed by atoms with E-state index < -0.39 is 5.41 Å². The molecule has 1 amide bonds. The molecule has 1 aromatic carbocycles. The number of carbonyl (C=O) groups is 2. The molecule has 0 aliphatic heterocycles. The molecule has 1 aromatic rings. The van der Waals surface area contributed by atoms with Crippen molar-refractivity contribution in [3.05, 3.63) is 34.3 Å². The van der Waals surface area contributed by atoms with Crippen LogP contribution in [0.15, 0.2) is 18.2 Å². The zero-order valence-electron chi connectivity index (χ0n) is 11.0. The Bertz CT molecular complexity index is 523. The SMILES string of the molecule is COC(=O)C1(CNC(=O)c2cccc(Cl)c2C)CC1. The number of methoxy groups -OCH3 is 1. The third-order valence-corrected chi connectivity index (χ3v) is 3.98. The molecular formula is C14H16ClNO3. The predicted octanol–water partition coefficient (Wildman–Crippen LogP) is 2.33. The van der Waals surface area contributed by atoms with Gasteiger partial charge in [-0.05, 0) is 37.5 Å². The molecule has 0 atom stereocenters. The molecule has 0 aromatic heterocycles. The maximum Gasteiger partial charge on any atom is 0.313 e. The summed E-state index contributed by atoms with van der Waals surface area (Å²) in [6.45, 7) is 2.11. The van der Waals surface area contributed by atoms with Crippen LogP contribution >= 0.6 is 11.6 Å². The van der Waals surface area contributed by atoms with Crippen LogP contribution in [0.25, 0.3) is 0 Å². The number of amides is 1. The molecule has 0 spiro atoms. The van der Waals surface area contributed by atoms with E-state index in [0.29, 0.717) is 17.1 Å². The molecule has 1 aliphatic rings. The van der Waals surface area contributed by atoms with Crippen LogP contribution < -0.4 is 5.32 Å². The molecule has 1 saturated carbocycles. The van der Waals surface area contributed by atoms with Crippen molar-refractivity contribution >= 4 is 23.5 Å². The fourth-order valence-electron chi connectivity index (χ4n) is 2.02. The van der Waals surface area contributed by atoms with Gasteiger partial charge < -0.3 is 10.1 Å². The summed E-state index contributed by atoms with van der Waals surface area (Å²) in [7, 11) is 1.37. The van der Waals surface area contributed by atoms with Gasteiger partial charge in [0, 0.05) is 17.1 Å². The molecule has 0 radical (unpaired) electrons. The summed E-state index contributed by atoms with van der Waals surface area (Å²) in [5.41, 5.74) is 0.759. The Morgan fingerprint density at radius 2 is 2.11 bits per heavy atom. The van der Waals surface area contributed by atoms with Crippen molar-refractivity contribution in [2.24, 2.45) is 5.41 Å². The Hall–Kier alpha value is -1.55. The Kier molecular flexibility index (Phi) is 3.80. The second-order valence-corrected chi connectivity index (χ2v) is 5.27. The monoisotopic (exact) mass is 281 g/mol. The first-order chi connectivity index (χ1) is 9.00. The lowest BCUT2D eigenvalue weighted by molar-refractivity contribution is -0.146. The van der Waals surface area contributed by atoms with Crippen LogP contribution in [0.1, 0.15) is 28.8 Å². The number of benzene rings is 1. The lowest BCUT2D eigenvalue weighted by Crippen LogP contribution is -2.35. The summed E-state index contributed by atoms with van der Waals surface area (Å²) >= 11 is 5.98. The number of esters is 1. The van der Waals surface area contributed by atoms with Crippen LogP contribution in [-0.2, 0) is 9.53 Å². The normalized spacial score (nSPS) is 15.7. The first-order valence-electron chi connectivity index (χ1n) is 6.12. The van der Waals surface area contributed by atoms with E-state index in [1.807, 2.05) is 0 Å². The molecule has 2 rings (SSSR count). The van der Waals surface area contributed by atoms with Gasteiger partial charge in [-0.15, -0.1) is 0 Å². The van der Waals surface area contributed by atoms with E-state index in [4.69, 9.17) is 16.3 Å². The second kappa shape index (κ2) is 5.21. The average molecular weight is 282 g/mol. The standard InChI is InChI=1S/C14H16ClNO3/c1-9-10(4-3-5-11(9)15)12(17)16-8-14(6-7-14)13(18)19-2/h3-5H,6-8H2,1-2H3,(H,16,17). The molecule has 19 heavy (non-hydrogen) atoms. The summed E-state index contributed by atoms with van der Waals surface area (Å²) < 4.78 is 4.75. The van der Waals surface area contributed by atoms with Crippen molar-refractivity contribution < 1.29 is 14.3 Å². The summed E-state index contributed by atoms with van der Waals surface area (Å²) in [5.74, 6) is -0.467. The number of hydrogen-bond donors (Lipinski definition) is 1. The maximum atomic E-state index is 12.1. The molecule has 0 bridgehead atoms. The van der Waals surface area contributed by atoms with Gasteiger partial charge >= 0.3 is 5.97 Å². The second-order valence-electron chi connectivity index (χ2n) is 4.87. The van der Waals surface area contributed by atoms with Crippen molar-refractivity contribution in [3.63, 3.8) is 0 Å². The first-order valence-corrected chi connectivity index (χ1v) is 6.50. The summed E-state index contributed by atoms with van der Waals surface area (Å²) in [6, 6.07) is 5.19. The van der Waals surface area contributed by atoms with E-state index in [1.54, 1.807) is 25.1 Å².